The van der Waals surface area contributed by atoms with Gasteiger partial charge in [-0.1, -0.05) is 0 Å². The molecule has 0 saturated heterocycles. The van der Waals surface area contributed by atoms with Gasteiger partial charge in [0.15, 0.2) is 0 Å². The summed E-state index contributed by atoms with van der Waals surface area (Å²) in [4.78, 5) is 3.91. The average Bonchev–Trinajstić information content (AvgIpc) is 2.16. The second kappa shape index (κ2) is 4.54. The molecule has 0 bridgehead atoms. The van der Waals surface area contributed by atoms with E-state index in [0.717, 1.165) is 5.69 Å². The van der Waals surface area contributed by atoms with Crippen molar-refractivity contribution in [1.29, 1.82) is 0 Å². The van der Waals surface area contributed by atoms with Gasteiger partial charge in [0.05, 0.1) is 0 Å². The zero-order valence-corrected chi connectivity index (χ0v) is 9.41. The molecular formula is C12H17BN. The number of hydrogen-bond donors (Lipinski definition) is 0. The Bertz CT molecular complexity index is 303. The van der Waals surface area contributed by atoms with Gasteiger partial charge in [-0.15, -0.1) is 0 Å². The minimum absolute atomic E-state index is 0.469. The summed E-state index contributed by atoms with van der Waals surface area (Å²) in [6.07, 6.45) is 0. The summed E-state index contributed by atoms with van der Waals surface area (Å²) in [6.45, 7) is 8.64. The van der Waals surface area contributed by atoms with E-state index in [1.807, 2.05) is 0 Å². The number of nitrogens with zero attached hydrogens (tertiary/aromatic N) is 1. The van der Waals surface area contributed by atoms with Gasteiger partial charge in [-0.25, -0.2) is 0 Å². The molecule has 0 amide bonds. The van der Waals surface area contributed by atoms with E-state index in [0.29, 0.717) is 11.8 Å². The van der Waals surface area contributed by atoms with Gasteiger partial charge in [-0.05, 0) is 0 Å². The van der Waals surface area contributed by atoms with Crippen molar-refractivity contribution >= 4 is 13.3 Å². The molecule has 0 aromatic heterocycles. The van der Waals surface area contributed by atoms with Crippen molar-refractivity contribution in [3.8, 4) is 0 Å². The molecule has 0 spiro atoms. The third kappa shape index (κ3) is 2.12. The second-order valence-electron chi connectivity index (χ2n) is 4.22. The Labute approximate surface area is 87.7 Å². The van der Waals surface area contributed by atoms with Crippen LogP contribution in [-0.4, -0.2) is 7.64 Å². The standard InChI is InChI=1S/C12H17BN/c1-8(2)10-6-5-7-11(9(3)4)12(10)14-13/h5-9H,1-4H3. The van der Waals surface area contributed by atoms with Crippen LogP contribution in [0.25, 0.3) is 0 Å². The van der Waals surface area contributed by atoms with E-state index in [1.165, 1.54) is 11.1 Å². The van der Waals surface area contributed by atoms with Crippen molar-refractivity contribution in [3.63, 3.8) is 0 Å². The van der Waals surface area contributed by atoms with Crippen LogP contribution >= 0.6 is 0 Å². The molecule has 0 N–H and O–H groups in total. The first-order chi connectivity index (χ1) is 6.57. The fourth-order valence-corrected chi connectivity index (χ4v) is 1.66. The molecule has 0 saturated carbocycles. The molecule has 73 valence electrons. The molecule has 14 heavy (non-hydrogen) atoms. The Morgan fingerprint density at radius 1 is 1.00 bits per heavy atom. The first kappa shape index (κ1) is 11.2. The third-order valence-electron chi connectivity index (χ3n) is 2.47. The van der Waals surface area contributed by atoms with Crippen LogP contribution in [0.15, 0.2) is 23.1 Å². The van der Waals surface area contributed by atoms with Crippen LogP contribution in [0.4, 0.5) is 5.69 Å². The summed E-state index contributed by atoms with van der Waals surface area (Å²) in [5, 5.41) is 0. The van der Waals surface area contributed by atoms with Crippen LogP contribution < -0.4 is 0 Å². The topological polar surface area (TPSA) is 12.4 Å². The summed E-state index contributed by atoms with van der Waals surface area (Å²) < 4.78 is 0. The minimum atomic E-state index is 0.469. The van der Waals surface area contributed by atoms with Gasteiger partial charge < -0.3 is 0 Å². The Hall–Kier alpha value is -0.915. The molecule has 0 aliphatic carbocycles. The number of hydrogen-bond acceptors (Lipinski definition) is 1. The molecule has 1 rings (SSSR count). The van der Waals surface area contributed by atoms with Gasteiger partial charge >= 0.3 is 87.1 Å². The molecule has 1 nitrogen and oxygen atoms in total. The van der Waals surface area contributed by atoms with E-state index in [4.69, 9.17) is 7.64 Å². The molecule has 2 heteroatoms. The van der Waals surface area contributed by atoms with Crippen molar-refractivity contribution in [1.82, 2.24) is 0 Å². The average molecular weight is 186 g/mol. The Balaban J connectivity index is 3.32. The van der Waals surface area contributed by atoms with Gasteiger partial charge in [0, 0.05) is 0 Å². The molecule has 0 aliphatic heterocycles. The first-order valence-electron chi connectivity index (χ1n) is 5.11. The summed E-state index contributed by atoms with van der Waals surface area (Å²) in [5.74, 6) is 0.937. The van der Waals surface area contributed by atoms with Crippen LogP contribution in [0.1, 0.15) is 50.7 Å². The molecule has 0 atom stereocenters. The van der Waals surface area contributed by atoms with Crippen LogP contribution in [0.5, 0.6) is 0 Å². The fourth-order valence-electron chi connectivity index (χ4n) is 1.66. The molecule has 0 aliphatic rings. The van der Waals surface area contributed by atoms with E-state index in [1.54, 1.807) is 0 Å². The molecule has 0 fully saturated rings. The zero-order chi connectivity index (χ0) is 10.7. The van der Waals surface area contributed by atoms with E-state index in [9.17, 15) is 0 Å². The van der Waals surface area contributed by atoms with Crippen LogP contribution in [0, 0.1) is 0 Å². The predicted octanol–water partition coefficient (Wildman–Crippen LogP) is 3.92. The maximum absolute atomic E-state index is 5.45. The maximum atomic E-state index is 5.45. The van der Waals surface area contributed by atoms with Gasteiger partial charge in [-0.3, -0.25) is 0 Å². The van der Waals surface area contributed by atoms with Gasteiger partial charge in [0.2, 0.25) is 0 Å². The van der Waals surface area contributed by atoms with E-state index < -0.39 is 0 Å². The molecule has 0 heterocycles. The Kier molecular flexibility index (Phi) is 3.62. The second-order valence-corrected chi connectivity index (χ2v) is 4.22. The van der Waals surface area contributed by atoms with Crippen molar-refractivity contribution in [3.05, 3.63) is 29.3 Å². The van der Waals surface area contributed by atoms with Crippen LogP contribution in [-0.2, 0) is 0 Å². The zero-order valence-electron chi connectivity index (χ0n) is 9.41. The van der Waals surface area contributed by atoms with Crippen LogP contribution in [0.2, 0.25) is 0 Å². The number of benzene rings is 1. The van der Waals surface area contributed by atoms with E-state index in [-0.39, 0.29) is 0 Å². The predicted molar refractivity (Wildman–Crippen MR) is 62.5 cm³/mol. The van der Waals surface area contributed by atoms with Crippen molar-refractivity contribution < 1.29 is 0 Å². The monoisotopic (exact) mass is 186 g/mol. The molecular weight excluding hydrogens is 169 g/mol. The summed E-state index contributed by atoms with van der Waals surface area (Å²) in [7, 11) is 5.45. The van der Waals surface area contributed by atoms with Crippen molar-refractivity contribution in [2.75, 3.05) is 0 Å². The fraction of sp³-hybridized carbons (Fsp3) is 0.500. The van der Waals surface area contributed by atoms with Gasteiger partial charge in [-0.2, -0.15) is 0 Å². The normalized spacial score (nSPS) is 10.9. The SMILES string of the molecule is [B]=Nc1c(C(C)C)cccc1C(C)C. The summed E-state index contributed by atoms with van der Waals surface area (Å²) in [6, 6.07) is 6.28. The van der Waals surface area contributed by atoms with Gasteiger partial charge in [0.1, 0.15) is 0 Å². The van der Waals surface area contributed by atoms with Crippen LogP contribution in [0.3, 0.4) is 0 Å². The van der Waals surface area contributed by atoms with E-state index >= 15 is 0 Å². The third-order valence-corrected chi connectivity index (χ3v) is 2.47. The van der Waals surface area contributed by atoms with Crippen molar-refractivity contribution in [2.45, 2.75) is 39.5 Å². The molecule has 1 aromatic rings. The molecule has 1 aromatic carbocycles. The number of rotatable bonds is 3. The van der Waals surface area contributed by atoms with Gasteiger partial charge in [0.25, 0.3) is 0 Å². The first-order valence-corrected chi connectivity index (χ1v) is 5.11. The Morgan fingerprint density at radius 3 is 1.71 bits per heavy atom. The van der Waals surface area contributed by atoms with E-state index in [2.05, 4.69) is 50.8 Å². The summed E-state index contributed by atoms with van der Waals surface area (Å²) in [5.41, 5.74) is 3.44. The quantitative estimate of drug-likeness (QED) is 0.634. The van der Waals surface area contributed by atoms with Crippen molar-refractivity contribution in [2.24, 2.45) is 4.90 Å². The molecule has 1 radical (unpaired) electrons. The molecule has 0 unspecified atom stereocenters. The Morgan fingerprint density at radius 2 is 1.43 bits per heavy atom. The summed E-state index contributed by atoms with van der Waals surface area (Å²) >= 11 is 0.